The van der Waals surface area contributed by atoms with Gasteiger partial charge in [-0.3, -0.25) is 19.3 Å². The summed E-state index contributed by atoms with van der Waals surface area (Å²) in [6, 6.07) is 19.0. The van der Waals surface area contributed by atoms with E-state index < -0.39 is 12.1 Å². The maximum absolute atomic E-state index is 14.0. The van der Waals surface area contributed by atoms with Crippen LogP contribution in [0.25, 0.3) is 22.2 Å². The van der Waals surface area contributed by atoms with E-state index in [0.29, 0.717) is 56.7 Å². The lowest BCUT2D eigenvalue weighted by Crippen LogP contribution is -2.40. The van der Waals surface area contributed by atoms with Crippen LogP contribution in [0.4, 0.5) is 5.69 Å². The van der Waals surface area contributed by atoms with Crippen LogP contribution in [0.15, 0.2) is 83.4 Å². The highest BCUT2D eigenvalue weighted by molar-refractivity contribution is 9.10. The number of ether oxygens (including phenoxy) is 1. The van der Waals surface area contributed by atoms with Crippen LogP contribution in [-0.2, 0) is 20.7 Å². The van der Waals surface area contributed by atoms with Crippen molar-refractivity contribution in [3.8, 4) is 11.3 Å². The van der Waals surface area contributed by atoms with Crippen LogP contribution in [0, 0.1) is 35.5 Å². The molecular formula is C39H31BrCl2N2O5. The highest BCUT2D eigenvalue weighted by Crippen LogP contribution is 2.65. The fraction of sp³-hybridized carbons (Fsp3) is 0.308. The summed E-state index contributed by atoms with van der Waals surface area (Å²) in [5.74, 6) is -0.349. The zero-order chi connectivity index (χ0) is 34.1. The number of nitrogens with zero attached hydrogens (tertiary/aromatic N) is 2. The standard InChI is InChI=1S/C39H31BrCl2N2O5/c1-2-19-15-22(40)16-29-30(39(48)49-32(13-14-41)36(45)21-3-7-23(42)8-4-21)18-31(43-35(19)29)20-5-9-24(10-6-20)44-37(46)33-25-11-12-26(28-17-27(25)28)34(33)38(44)47/h3-12,15-16,18,25-28,32-34H,2,13-14,17H2,1H3. The molecule has 4 aromatic rings. The number of fused-ring (bicyclic) bond motifs is 1. The molecule has 3 aromatic carbocycles. The van der Waals surface area contributed by atoms with Gasteiger partial charge in [0.15, 0.2) is 6.10 Å². The molecule has 49 heavy (non-hydrogen) atoms. The van der Waals surface area contributed by atoms with Crippen LogP contribution in [0.2, 0.25) is 5.02 Å². The fourth-order valence-electron chi connectivity index (χ4n) is 8.27. The van der Waals surface area contributed by atoms with Crippen LogP contribution in [0.3, 0.4) is 0 Å². The SMILES string of the molecule is CCc1cc(Br)cc2c(C(=O)OC(CCCl)C(=O)c3ccc(Cl)cc3)cc(-c3ccc(N4C(=O)C5C6C=CC(C7CC67)C5C4=O)cc3)nc12. The van der Waals surface area contributed by atoms with Gasteiger partial charge in [-0.1, -0.05) is 58.7 Å². The zero-order valence-corrected chi connectivity index (χ0v) is 29.5. The number of esters is 1. The molecule has 4 aliphatic carbocycles. The number of alkyl halides is 1. The van der Waals surface area contributed by atoms with Gasteiger partial charge >= 0.3 is 5.97 Å². The number of imide groups is 1. The first-order valence-corrected chi connectivity index (χ1v) is 18.3. The number of halogens is 3. The van der Waals surface area contributed by atoms with E-state index in [1.165, 1.54) is 4.90 Å². The topological polar surface area (TPSA) is 93.6 Å². The molecule has 1 saturated heterocycles. The lowest BCUT2D eigenvalue weighted by atomic mass is 9.63. The van der Waals surface area contributed by atoms with Gasteiger partial charge in [-0.25, -0.2) is 9.78 Å². The molecule has 248 valence electrons. The first kappa shape index (κ1) is 32.4. The summed E-state index contributed by atoms with van der Waals surface area (Å²) >= 11 is 15.6. The number of hydrogen-bond acceptors (Lipinski definition) is 6. The van der Waals surface area contributed by atoms with Gasteiger partial charge in [0.05, 0.1) is 34.3 Å². The van der Waals surface area contributed by atoms with Gasteiger partial charge < -0.3 is 4.74 Å². The predicted molar refractivity (Wildman–Crippen MR) is 192 cm³/mol. The van der Waals surface area contributed by atoms with E-state index >= 15 is 0 Å². The number of carbonyl (C=O) groups is 4. The summed E-state index contributed by atoms with van der Waals surface area (Å²) < 4.78 is 6.67. The Morgan fingerprint density at radius 3 is 2.22 bits per heavy atom. The average molecular weight is 758 g/mol. The van der Waals surface area contributed by atoms with Crippen LogP contribution < -0.4 is 4.90 Å². The molecule has 0 N–H and O–H groups in total. The van der Waals surface area contributed by atoms with Gasteiger partial charge in [-0.15, -0.1) is 11.6 Å². The molecule has 2 amide bonds. The largest absolute Gasteiger partial charge is 0.450 e. The summed E-state index contributed by atoms with van der Waals surface area (Å²) in [4.78, 5) is 61.1. The third kappa shape index (κ3) is 5.43. The lowest BCUT2D eigenvalue weighted by molar-refractivity contribution is -0.124. The van der Waals surface area contributed by atoms with Crippen molar-refractivity contribution in [2.24, 2.45) is 35.5 Å². The molecule has 7 atom stereocenters. The summed E-state index contributed by atoms with van der Waals surface area (Å²) in [7, 11) is 0. The van der Waals surface area contributed by atoms with Crippen molar-refractivity contribution in [2.75, 3.05) is 10.8 Å². The Hall–Kier alpha value is -3.85. The monoisotopic (exact) mass is 756 g/mol. The van der Waals surface area contributed by atoms with Crippen LogP contribution in [-0.4, -0.2) is 40.5 Å². The van der Waals surface area contributed by atoms with E-state index in [1.807, 2.05) is 31.2 Å². The number of aromatic nitrogens is 1. The fourth-order valence-corrected chi connectivity index (χ4v) is 9.10. The second kappa shape index (κ2) is 12.5. The average Bonchev–Trinajstić information content (AvgIpc) is 3.89. The number of Topliss-reactive ketones (excluding diaryl/α,β-unsaturated/α-hetero) is 1. The Morgan fingerprint density at radius 1 is 0.959 bits per heavy atom. The molecule has 2 heterocycles. The Labute approximate surface area is 301 Å². The molecule has 0 spiro atoms. The van der Waals surface area contributed by atoms with E-state index in [0.717, 1.165) is 16.5 Å². The van der Waals surface area contributed by atoms with Crippen LogP contribution in [0.1, 0.15) is 46.0 Å². The second-order valence-electron chi connectivity index (χ2n) is 13.3. The third-order valence-electron chi connectivity index (χ3n) is 10.7. The molecular weight excluding hydrogens is 727 g/mol. The summed E-state index contributed by atoms with van der Waals surface area (Å²) in [5, 5.41) is 1.07. The third-order valence-corrected chi connectivity index (χ3v) is 11.6. The van der Waals surface area contributed by atoms with E-state index in [2.05, 4.69) is 28.1 Å². The van der Waals surface area contributed by atoms with Crippen LogP contribution in [0.5, 0.6) is 0 Å². The number of benzene rings is 3. The molecule has 2 saturated carbocycles. The Balaban J connectivity index is 1.13. The molecule has 1 aromatic heterocycles. The van der Waals surface area contributed by atoms with E-state index in [1.54, 1.807) is 42.5 Å². The molecule has 1 aliphatic heterocycles. The minimum atomic E-state index is -1.11. The number of hydrogen-bond donors (Lipinski definition) is 0. The smallest absolute Gasteiger partial charge is 0.339 e. The van der Waals surface area contributed by atoms with Crippen molar-refractivity contribution in [1.29, 1.82) is 0 Å². The minimum absolute atomic E-state index is 0.111. The van der Waals surface area contributed by atoms with Gasteiger partial charge in [0.25, 0.3) is 0 Å². The van der Waals surface area contributed by atoms with Crippen molar-refractivity contribution < 1.29 is 23.9 Å². The number of carbonyl (C=O) groups excluding carboxylic acids is 4. The number of ketones is 1. The number of rotatable bonds is 9. The molecule has 7 unspecified atom stereocenters. The molecule has 10 heteroatoms. The number of pyridine rings is 1. The molecule has 9 rings (SSSR count). The number of allylic oxidation sites excluding steroid dienone is 2. The summed E-state index contributed by atoms with van der Waals surface area (Å²) in [6.45, 7) is 2.01. The van der Waals surface area contributed by atoms with Gasteiger partial charge in [-0.05, 0) is 96.7 Å². The van der Waals surface area contributed by atoms with Crippen molar-refractivity contribution in [1.82, 2.24) is 4.98 Å². The van der Waals surface area contributed by atoms with Gasteiger partial charge in [0.1, 0.15) is 0 Å². The molecule has 5 aliphatic rings. The maximum atomic E-state index is 14.0. The summed E-state index contributed by atoms with van der Waals surface area (Å²) in [5.41, 5.74) is 3.90. The van der Waals surface area contributed by atoms with Crippen molar-refractivity contribution in [3.63, 3.8) is 0 Å². The van der Waals surface area contributed by atoms with Crippen molar-refractivity contribution in [2.45, 2.75) is 32.3 Å². The number of anilines is 1. The Morgan fingerprint density at radius 2 is 1.61 bits per heavy atom. The zero-order valence-electron chi connectivity index (χ0n) is 26.4. The highest BCUT2D eigenvalue weighted by Gasteiger charge is 2.67. The predicted octanol–water partition coefficient (Wildman–Crippen LogP) is 8.47. The Kier molecular flexibility index (Phi) is 8.24. The van der Waals surface area contributed by atoms with Gasteiger partial charge in [-0.2, -0.15) is 0 Å². The molecule has 2 bridgehead atoms. The van der Waals surface area contributed by atoms with Crippen molar-refractivity contribution in [3.05, 3.63) is 105 Å². The molecule has 3 fully saturated rings. The highest BCUT2D eigenvalue weighted by atomic mass is 79.9. The second-order valence-corrected chi connectivity index (χ2v) is 15.1. The number of aryl methyl sites for hydroxylation is 1. The van der Waals surface area contributed by atoms with Crippen molar-refractivity contribution >= 4 is 79.3 Å². The van der Waals surface area contributed by atoms with E-state index in [9.17, 15) is 19.2 Å². The van der Waals surface area contributed by atoms with Crippen LogP contribution >= 0.6 is 39.1 Å². The Bertz CT molecular complexity index is 2050. The van der Waals surface area contributed by atoms with E-state index in [-0.39, 0.29) is 59.1 Å². The summed E-state index contributed by atoms with van der Waals surface area (Å²) in [6.07, 6.45) is 5.13. The maximum Gasteiger partial charge on any atom is 0.339 e. The molecule has 0 radical (unpaired) electrons. The first-order chi connectivity index (χ1) is 23.7. The quantitative estimate of drug-likeness (QED) is 0.0559. The lowest BCUT2D eigenvalue weighted by Gasteiger charge is -2.37. The minimum Gasteiger partial charge on any atom is -0.450 e. The normalized spacial score (nSPS) is 25.3. The first-order valence-electron chi connectivity index (χ1n) is 16.5. The molecule has 7 nitrogen and oxygen atoms in total. The van der Waals surface area contributed by atoms with Gasteiger partial charge in [0, 0.05) is 38.3 Å². The van der Waals surface area contributed by atoms with E-state index in [4.69, 9.17) is 32.9 Å². The van der Waals surface area contributed by atoms with Gasteiger partial charge in [0.2, 0.25) is 17.6 Å². The number of amides is 2.